The van der Waals surface area contributed by atoms with Crippen molar-refractivity contribution in [2.24, 2.45) is 7.05 Å². The Morgan fingerprint density at radius 2 is 2.29 bits per heavy atom. The van der Waals surface area contributed by atoms with Gasteiger partial charge in [-0.1, -0.05) is 0 Å². The molecule has 0 saturated heterocycles. The van der Waals surface area contributed by atoms with Gasteiger partial charge in [-0.25, -0.2) is 9.78 Å². The van der Waals surface area contributed by atoms with Gasteiger partial charge >= 0.3 is 5.97 Å². The maximum Gasteiger partial charge on any atom is 0.337 e. The molecule has 0 aliphatic carbocycles. The number of anilines is 3. The van der Waals surface area contributed by atoms with Crippen LogP contribution < -0.4 is 11.1 Å². The van der Waals surface area contributed by atoms with Gasteiger partial charge in [-0.3, -0.25) is 4.68 Å². The molecule has 0 aliphatic rings. The molecule has 2 aromatic heterocycles. The molecule has 0 atom stereocenters. The van der Waals surface area contributed by atoms with E-state index in [9.17, 15) is 4.79 Å². The Kier molecular flexibility index (Phi) is 2.65. The zero-order valence-corrected chi connectivity index (χ0v) is 9.08. The summed E-state index contributed by atoms with van der Waals surface area (Å²) in [6.07, 6.45) is 3.13. The second-order valence-electron chi connectivity index (χ2n) is 3.43. The lowest BCUT2D eigenvalue weighted by molar-refractivity contribution is 0.0698. The molecule has 2 rings (SSSR count). The van der Waals surface area contributed by atoms with Gasteiger partial charge in [0.25, 0.3) is 0 Å². The lowest BCUT2D eigenvalue weighted by Gasteiger charge is -2.07. The van der Waals surface area contributed by atoms with Crippen LogP contribution in [0.2, 0.25) is 0 Å². The van der Waals surface area contributed by atoms with E-state index in [4.69, 9.17) is 10.8 Å². The summed E-state index contributed by atoms with van der Waals surface area (Å²) in [4.78, 5) is 14.9. The van der Waals surface area contributed by atoms with Crippen molar-refractivity contribution in [3.63, 3.8) is 0 Å². The fraction of sp³-hybridized carbons (Fsp3) is 0.100. The highest BCUT2D eigenvalue weighted by Crippen LogP contribution is 2.22. The average molecular weight is 233 g/mol. The number of aryl methyl sites for hydroxylation is 1. The number of carbonyl (C=O) groups is 1. The minimum atomic E-state index is -1.09. The largest absolute Gasteiger partial charge is 0.478 e. The Morgan fingerprint density at radius 1 is 1.53 bits per heavy atom. The molecule has 0 aromatic carbocycles. The van der Waals surface area contributed by atoms with E-state index in [1.54, 1.807) is 24.0 Å². The second kappa shape index (κ2) is 4.12. The van der Waals surface area contributed by atoms with E-state index >= 15 is 0 Å². The fourth-order valence-electron chi connectivity index (χ4n) is 1.36. The van der Waals surface area contributed by atoms with Crippen molar-refractivity contribution in [1.82, 2.24) is 14.8 Å². The molecule has 0 aliphatic heterocycles. The SMILES string of the molecule is Cn1ccc(Nc2nccc(C(=O)O)c2N)n1. The van der Waals surface area contributed by atoms with Gasteiger partial charge in [-0.2, -0.15) is 5.10 Å². The second-order valence-corrected chi connectivity index (χ2v) is 3.43. The third-order valence-electron chi connectivity index (χ3n) is 2.18. The molecule has 7 nitrogen and oxygen atoms in total. The smallest absolute Gasteiger partial charge is 0.337 e. The van der Waals surface area contributed by atoms with E-state index in [0.29, 0.717) is 5.82 Å². The molecule has 4 N–H and O–H groups in total. The molecular formula is C10H11N5O2. The van der Waals surface area contributed by atoms with Gasteiger partial charge in [0.1, 0.15) is 0 Å². The minimum absolute atomic E-state index is 0.0124. The number of hydrogen-bond acceptors (Lipinski definition) is 5. The number of rotatable bonds is 3. The molecule has 17 heavy (non-hydrogen) atoms. The Hall–Kier alpha value is -2.57. The van der Waals surface area contributed by atoms with E-state index in [1.165, 1.54) is 12.3 Å². The van der Waals surface area contributed by atoms with Crippen LogP contribution in [0.5, 0.6) is 0 Å². The number of carboxylic acids is 1. The van der Waals surface area contributed by atoms with E-state index in [1.807, 2.05) is 0 Å². The van der Waals surface area contributed by atoms with Crippen molar-refractivity contribution >= 4 is 23.3 Å². The van der Waals surface area contributed by atoms with Crippen LogP contribution in [0.1, 0.15) is 10.4 Å². The Morgan fingerprint density at radius 3 is 2.88 bits per heavy atom. The summed E-state index contributed by atoms with van der Waals surface area (Å²) < 4.78 is 1.61. The maximum absolute atomic E-state index is 10.9. The lowest BCUT2D eigenvalue weighted by atomic mass is 10.2. The van der Waals surface area contributed by atoms with Crippen molar-refractivity contribution in [1.29, 1.82) is 0 Å². The van der Waals surface area contributed by atoms with Crippen LogP contribution in [-0.4, -0.2) is 25.8 Å². The summed E-state index contributed by atoms with van der Waals surface area (Å²) in [6.45, 7) is 0. The van der Waals surface area contributed by atoms with Crippen LogP contribution in [0, 0.1) is 0 Å². The fourth-order valence-corrected chi connectivity index (χ4v) is 1.36. The molecule has 0 radical (unpaired) electrons. The van der Waals surface area contributed by atoms with Gasteiger partial charge in [-0.15, -0.1) is 0 Å². The number of aromatic carboxylic acids is 1. The number of carboxylic acid groups (broad SMARTS) is 1. The minimum Gasteiger partial charge on any atom is -0.478 e. The topological polar surface area (TPSA) is 106 Å². The van der Waals surface area contributed by atoms with E-state index in [0.717, 1.165) is 0 Å². The summed E-state index contributed by atoms with van der Waals surface area (Å²) in [5, 5.41) is 15.8. The van der Waals surface area contributed by atoms with Crippen LogP contribution in [0.3, 0.4) is 0 Å². The Labute approximate surface area is 96.9 Å². The van der Waals surface area contributed by atoms with Gasteiger partial charge in [-0.05, 0) is 6.07 Å². The Bertz CT molecular complexity index is 564. The number of nitrogens with one attached hydrogen (secondary N) is 1. The first kappa shape index (κ1) is 10.9. The molecule has 0 amide bonds. The van der Waals surface area contributed by atoms with Crippen molar-refractivity contribution < 1.29 is 9.90 Å². The van der Waals surface area contributed by atoms with Gasteiger partial charge in [0, 0.05) is 25.5 Å². The van der Waals surface area contributed by atoms with Crippen molar-refractivity contribution in [2.75, 3.05) is 11.1 Å². The number of nitrogen functional groups attached to an aromatic ring is 1. The summed E-state index contributed by atoms with van der Waals surface area (Å²) in [6, 6.07) is 3.08. The first-order chi connectivity index (χ1) is 8.08. The summed E-state index contributed by atoms with van der Waals surface area (Å²) in [5.74, 6) is -0.258. The molecule has 88 valence electrons. The van der Waals surface area contributed by atoms with Crippen molar-refractivity contribution in [3.05, 3.63) is 30.1 Å². The third-order valence-corrected chi connectivity index (χ3v) is 2.18. The first-order valence-electron chi connectivity index (χ1n) is 4.82. The van der Waals surface area contributed by atoms with Crippen molar-refractivity contribution in [3.8, 4) is 0 Å². The highest BCUT2D eigenvalue weighted by Gasteiger charge is 2.12. The van der Waals surface area contributed by atoms with Crippen LogP contribution in [0.25, 0.3) is 0 Å². The maximum atomic E-state index is 10.9. The van der Waals surface area contributed by atoms with Crippen molar-refractivity contribution in [2.45, 2.75) is 0 Å². The summed E-state index contributed by atoms with van der Waals surface area (Å²) >= 11 is 0. The first-order valence-corrected chi connectivity index (χ1v) is 4.82. The van der Waals surface area contributed by atoms with E-state index in [-0.39, 0.29) is 17.1 Å². The zero-order valence-electron chi connectivity index (χ0n) is 9.08. The standard InChI is InChI=1S/C10H11N5O2/c1-15-5-3-7(14-15)13-9-8(11)6(10(16)17)2-4-12-9/h2-5H,11H2,1H3,(H,16,17)(H,12,13,14). The number of nitrogens with two attached hydrogens (primary N) is 1. The molecule has 2 aromatic rings. The average Bonchev–Trinajstić information content (AvgIpc) is 2.67. The summed E-state index contributed by atoms with van der Waals surface area (Å²) in [7, 11) is 1.77. The highest BCUT2D eigenvalue weighted by atomic mass is 16.4. The van der Waals surface area contributed by atoms with Crippen LogP contribution in [-0.2, 0) is 7.05 Å². The van der Waals surface area contributed by atoms with Gasteiger partial charge in [0.15, 0.2) is 11.6 Å². The van der Waals surface area contributed by atoms with E-state index < -0.39 is 5.97 Å². The molecule has 2 heterocycles. The predicted molar refractivity (Wildman–Crippen MR) is 62.1 cm³/mol. The van der Waals surface area contributed by atoms with E-state index in [2.05, 4.69) is 15.4 Å². The van der Waals surface area contributed by atoms with Crippen LogP contribution >= 0.6 is 0 Å². The third kappa shape index (κ3) is 2.17. The summed E-state index contributed by atoms with van der Waals surface area (Å²) in [5.41, 5.74) is 5.80. The normalized spacial score (nSPS) is 10.2. The highest BCUT2D eigenvalue weighted by molar-refractivity contribution is 5.96. The number of hydrogen-bond donors (Lipinski definition) is 3. The Balaban J connectivity index is 2.33. The van der Waals surface area contributed by atoms with Gasteiger partial charge in [0.2, 0.25) is 0 Å². The van der Waals surface area contributed by atoms with Gasteiger partial charge in [0.05, 0.1) is 11.3 Å². The molecule has 0 spiro atoms. The van der Waals surface area contributed by atoms with Gasteiger partial charge < -0.3 is 16.2 Å². The molecule has 0 unspecified atom stereocenters. The number of pyridine rings is 1. The zero-order chi connectivity index (χ0) is 12.4. The number of nitrogens with zero attached hydrogens (tertiary/aromatic N) is 3. The quantitative estimate of drug-likeness (QED) is 0.725. The molecule has 7 heteroatoms. The van der Waals surface area contributed by atoms with Crippen LogP contribution in [0.4, 0.5) is 17.3 Å². The molecule has 0 bridgehead atoms. The monoisotopic (exact) mass is 233 g/mol. The molecule has 0 fully saturated rings. The molecule has 0 saturated carbocycles. The number of aromatic nitrogens is 3. The van der Waals surface area contributed by atoms with Crippen LogP contribution in [0.15, 0.2) is 24.5 Å². The lowest BCUT2D eigenvalue weighted by Crippen LogP contribution is -2.07. The predicted octanol–water partition coefficient (Wildman–Crippen LogP) is 0.839. The molecular weight excluding hydrogens is 222 g/mol.